The summed E-state index contributed by atoms with van der Waals surface area (Å²) in [6.07, 6.45) is 0. The molecule has 2 rings (SSSR count). The van der Waals surface area contributed by atoms with Gasteiger partial charge in [0.05, 0.1) is 11.1 Å². The highest BCUT2D eigenvalue weighted by molar-refractivity contribution is 7.73. The smallest absolute Gasteiger partial charge is 0.161 e. The van der Waals surface area contributed by atoms with Gasteiger partial charge in [0, 0.05) is 11.9 Å². The van der Waals surface area contributed by atoms with Gasteiger partial charge in [-0.15, -0.1) is 22.9 Å². The monoisotopic (exact) mass is 269 g/mol. The molecule has 16 heavy (non-hydrogen) atoms. The molecular weight excluding hydrogens is 258 g/mol. The van der Waals surface area contributed by atoms with E-state index in [2.05, 4.69) is 12.1 Å². The maximum Gasteiger partial charge on any atom is 0.161 e. The molecule has 0 aliphatic rings. The lowest BCUT2D eigenvalue weighted by Gasteiger charge is -2.07. The quantitative estimate of drug-likeness (QED) is 0.561. The van der Waals surface area contributed by atoms with Crippen LogP contribution >= 0.6 is 35.2 Å². The minimum absolute atomic E-state index is 0.0110. The van der Waals surface area contributed by atoms with Crippen molar-refractivity contribution in [2.75, 3.05) is 0 Å². The summed E-state index contributed by atoms with van der Waals surface area (Å²) in [5, 5.41) is -0.0110. The van der Waals surface area contributed by atoms with E-state index in [9.17, 15) is 0 Å². The van der Waals surface area contributed by atoms with E-state index in [1.807, 2.05) is 36.7 Å². The van der Waals surface area contributed by atoms with Crippen molar-refractivity contribution in [2.24, 2.45) is 7.05 Å². The Hall–Kier alpha value is -0.640. The second kappa shape index (κ2) is 4.70. The molecule has 0 aliphatic carbocycles. The summed E-state index contributed by atoms with van der Waals surface area (Å²) in [5.41, 5.74) is 2.30. The topological polar surface area (TPSA) is 4.93 Å². The Morgan fingerprint density at radius 3 is 2.50 bits per heavy atom. The SMILES string of the molecule is CC(Cl)c1sc(=S)n(C)c1-c1ccccc1. The fourth-order valence-corrected chi connectivity index (χ4v) is 3.20. The average Bonchev–Trinajstić information content (AvgIpc) is 2.57. The Labute approximate surface area is 109 Å². The third kappa shape index (κ3) is 2.08. The molecule has 84 valence electrons. The van der Waals surface area contributed by atoms with Crippen LogP contribution in [-0.4, -0.2) is 4.57 Å². The molecule has 4 heteroatoms. The molecule has 0 fully saturated rings. The Balaban J connectivity index is 2.69. The molecule has 1 aromatic carbocycles. The first-order chi connectivity index (χ1) is 7.61. The minimum Gasteiger partial charge on any atom is -0.326 e. The summed E-state index contributed by atoms with van der Waals surface area (Å²) in [6.45, 7) is 1.98. The van der Waals surface area contributed by atoms with Gasteiger partial charge in [0.25, 0.3) is 0 Å². The highest BCUT2D eigenvalue weighted by Gasteiger charge is 2.15. The van der Waals surface area contributed by atoms with Crippen LogP contribution < -0.4 is 0 Å². The molecule has 0 bridgehead atoms. The normalized spacial score (nSPS) is 12.7. The van der Waals surface area contributed by atoms with Crippen LogP contribution in [0.4, 0.5) is 0 Å². The Kier molecular flexibility index (Phi) is 3.47. The highest BCUT2D eigenvalue weighted by atomic mass is 35.5. The number of aromatic nitrogens is 1. The molecular formula is C12H12ClNS2. The number of nitrogens with zero attached hydrogens (tertiary/aromatic N) is 1. The van der Waals surface area contributed by atoms with Crippen LogP contribution in [0.15, 0.2) is 30.3 Å². The molecule has 1 atom stereocenters. The lowest BCUT2D eigenvalue weighted by atomic mass is 10.1. The van der Waals surface area contributed by atoms with Gasteiger partial charge >= 0.3 is 0 Å². The molecule has 2 aromatic rings. The zero-order valence-corrected chi connectivity index (χ0v) is 11.5. The first kappa shape index (κ1) is 11.8. The molecule has 0 radical (unpaired) electrons. The third-order valence-corrected chi connectivity index (χ3v) is 4.54. The van der Waals surface area contributed by atoms with Crippen LogP contribution in [0, 0.1) is 3.95 Å². The van der Waals surface area contributed by atoms with Gasteiger partial charge in [0.15, 0.2) is 3.95 Å². The average molecular weight is 270 g/mol. The first-order valence-electron chi connectivity index (χ1n) is 5.00. The zero-order chi connectivity index (χ0) is 11.7. The maximum atomic E-state index is 6.19. The van der Waals surface area contributed by atoms with Crippen molar-refractivity contribution < 1.29 is 0 Å². The maximum absolute atomic E-state index is 6.19. The van der Waals surface area contributed by atoms with Crippen molar-refractivity contribution in [3.05, 3.63) is 39.2 Å². The molecule has 0 N–H and O–H groups in total. The van der Waals surface area contributed by atoms with Gasteiger partial charge in [-0.3, -0.25) is 0 Å². The second-order valence-electron chi connectivity index (χ2n) is 3.62. The van der Waals surface area contributed by atoms with E-state index < -0.39 is 0 Å². The molecule has 1 aromatic heterocycles. The van der Waals surface area contributed by atoms with Crippen LogP contribution in [0.3, 0.4) is 0 Å². The molecule has 1 heterocycles. The number of rotatable bonds is 2. The van der Waals surface area contributed by atoms with Gasteiger partial charge in [-0.1, -0.05) is 30.3 Å². The van der Waals surface area contributed by atoms with E-state index in [1.165, 1.54) is 5.56 Å². The van der Waals surface area contributed by atoms with E-state index in [1.54, 1.807) is 11.3 Å². The van der Waals surface area contributed by atoms with Crippen molar-refractivity contribution in [3.8, 4) is 11.3 Å². The Bertz CT molecular complexity index is 540. The number of hydrogen-bond donors (Lipinski definition) is 0. The van der Waals surface area contributed by atoms with Crippen LogP contribution in [-0.2, 0) is 7.05 Å². The third-order valence-electron chi connectivity index (χ3n) is 2.45. The molecule has 0 saturated heterocycles. The van der Waals surface area contributed by atoms with Crippen LogP contribution in [0.25, 0.3) is 11.3 Å². The number of halogens is 1. The highest BCUT2D eigenvalue weighted by Crippen LogP contribution is 2.36. The van der Waals surface area contributed by atoms with Gasteiger partial charge < -0.3 is 4.57 Å². The summed E-state index contributed by atoms with van der Waals surface area (Å²) in [4.78, 5) is 1.14. The predicted molar refractivity (Wildman–Crippen MR) is 73.8 cm³/mol. The van der Waals surface area contributed by atoms with Crippen LogP contribution in [0.5, 0.6) is 0 Å². The first-order valence-corrected chi connectivity index (χ1v) is 6.66. The van der Waals surface area contributed by atoms with Crippen molar-refractivity contribution in [1.29, 1.82) is 0 Å². The summed E-state index contributed by atoms with van der Waals surface area (Å²) < 4.78 is 2.89. The number of benzene rings is 1. The van der Waals surface area contributed by atoms with E-state index in [-0.39, 0.29) is 5.38 Å². The van der Waals surface area contributed by atoms with Gasteiger partial charge in [-0.05, 0) is 24.7 Å². The largest absolute Gasteiger partial charge is 0.326 e. The van der Waals surface area contributed by atoms with Crippen LogP contribution in [0.2, 0.25) is 0 Å². The van der Waals surface area contributed by atoms with Gasteiger partial charge in [-0.25, -0.2) is 0 Å². The molecule has 0 aliphatic heterocycles. The Morgan fingerprint density at radius 1 is 1.31 bits per heavy atom. The lowest BCUT2D eigenvalue weighted by molar-refractivity contribution is 0.916. The van der Waals surface area contributed by atoms with E-state index >= 15 is 0 Å². The van der Waals surface area contributed by atoms with E-state index in [4.69, 9.17) is 23.8 Å². The van der Waals surface area contributed by atoms with Crippen molar-refractivity contribution in [2.45, 2.75) is 12.3 Å². The molecule has 1 unspecified atom stereocenters. The van der Waals surface area contributed by atoms with Crippen LogP contribution in [0.1, 0.15) is 17.2 Å². The number of thiazole rings is 1. The van der Waals surface area contributed by atoms with Gasteiger partial charge in [0.2, 0.25) is 0 Å². The van der Waals surface area contributed by atoms with Crippen molar-refractivity contribution in [3.63, 3.8) is 0 Å². The Morgan fingerprint density at radius 2 is 1.94 bits per heavy atom. The number of alkyl halides is 1. The van der Waals surface area contributed by atoms with Gasteiger partial charge in [-0.2, -0.15) is 0 Å². The standard InChI is InChI=1S/C12H12ClNS2/c1-8(13)11-10(14(2)12(15)16-11)9-6-4-3-5-7-9/h3-8H,1-2H3. The minimum atomic E-state index is -0.0110. The summed E-state index contributed by atoms with van der Waals surface area (Å²) in [7, 11) is 1.99. The zero-order valence-electron chi connectivity index (χ0n) is 9.11. The van der Waals surface area contributed by atoms with Crippen molar-refractivity contribution in [1.82, 2.24) is 4.57 Å². The summed E-state index contributed by atoms with van der Waals surface area (Å²) >= 11 is 13.1. The molecule has 0 saturated carbocycles. The number of hydrogen-bond acceptors (Lipinski definition) is 2. The summed E-state index contributed by atoms with van der Waals surface area (Å²) in [6, 6.07) is 10.2. The molecule has 1 nitrogen and oxygen atoms in total. The fraction of sp³-hybridized carbons (Fsp3) is 0.250. The predicted octanol–water partition coefficient (Wildman–Crippen LogP) is 4.78. The van der Waals surface area contributed by atoms with Gasteiger partial charge in [0.1, 0.15) is 0 Å². The molecule has 0 amide bonds. The van der Waals surface area contributed by atoms with E-state index in [0.29, 0.717) is 0 Å². The molecule has 0 spiro atoms. The lowest BCUT2D eigenvalue weighted by Crippen LogP contribution is -1.94. The second-order valence-corrected chi connectivity index (χ2v) is 5.95. The fourth-order valence-electron chi connectivity index (χ4n) is 1.67. The van der Waals surface area contributed by atoms with Crippen molar-refractivity contribution >= 4 is 35.2 Å². The summed E-state index contributed by atoms with van der Waals surface area (Å²) in [5.74, 6) is 0. The van der Waals surface area contributed by atoms with E-state index in [0.717, 1.165) is 14.5 Å².